The molecule has 214 valence electrons. The van der Waals surface area contributed by atoms with E-state index < -0.39 is 22.5 Å². The molecule has 4 rings (SSSR count). The van der Waals surface area contributed by atoms with E-state index in [0.29, 0.717) is 15.8 Å². The van der Waals surface area contributed by atoms with Crippen molar-refractivity contribution < 1.29 is 22.7 Å². The van der Waals surface area contributed by atoms with E-state index in [9.17, 15) is 13.2 Å². The third-order valence-corrected chi connectivity index (χ3v) is 8.81. The number of carbonyl (C=O) groups is 1. The molecule has 9 nitrogen and oxygen atoms in total. The number of amides is 1. The third-order valence-electron chi connectivity index (χ3n) is 6.30. The quantitative estimate of drug-likeness (QED) is 0.181. The second-order valence-corrected chi connectivity index (χ2v) is 11.6. The number of benzene rings is 3. The number of carbonyl (C=O) groups excluding carboxylic acids is 1. The second-order valence-electron chi connectivity index (χ2n) is 8.92. The van der Waals surface area contributed by atoms with Crippen LogP contribution in [-0.2, 0) is 14.8 Å². The summed E-state index contributed by atoms with van der Waals surface area (Å²) in [6.45, 7) is 3.27. The molecular weight excluding hydrogens is 587 g/mol. The van der Waals surface area contributed by atoms with Gasteiger partial charge in [-0.3, -0.25) is 9.10 Å². The normalized spacial score (nSPS) is 11.5. The van der Waals surface area contributed by atoms with Crippen molar-refractivity contribution in [2.45, 2.75) is 18.7 Å². The maximum absolute atomic E-state index is 13.7. The van der Waals surface area contributed by atoms with Crippen molar-refractivity contribution in [2.24, 2.45) is 5.10 Å². The fourth-order valence-corrected chi connectivity index (χ4v) is 6.03. The van der Waals surface area contributed by atoms with Gasteiger partial charge in [-0.1, -0.05) is 41.4 Å². The molecule has 3 aromatic carbocycles. The number of hydrazone groups is 1. The van der Waals surface area contributed by atoms with Crippen molar-refractivity contribution in [1.29, 1.82) is 0 Å². The van der Waals surface area contributed by atoms with Gasteiger partial charge >= 0.3 is 0 Å². The van der Waals surface area contributed by atoms with Crippen LogP contribution in [0.4, 0.5) is 5.69 Å². The van der Waals surface area contributed by atoms with E-state index in [4.69, 9.17) is 32.7 Å². The van der Waals surface area contributed by atoms with Crippen LogP contribution in [0.15, 0.2) is 82.8 Å². The van der Waals surface area contributed by atoms with Gasteiger partial charge in [0.05, 0.1) is 41.1 Å². The van der Waals surface area contributed by atoms with Gasteiger partial charge in [0, 0.05) is 28.7 Å². The van der Waals surface area contributed by atoms with E-state index in [2.05, 4.69) is 10.5 Å². The zero-order chi connectivity index (χ0) is 29.7. The zero-order valence-corrected chi connectivity index (χ0v) is 25.1. The maximum atomic E-state index is 13.7. The molecule has 4 aromatic rings. The van der Waals surface area contributed by atoms with Gasteiger partial charge in [-0.15, -0.1) is 0 Å². The molecule has 0 spiro atoms. The summed E-state index contributed by atoms with van der Waals surface area (Å²) in [7, 11) is -1.29. The first-order chi connectivity index (χ1) is 19.6. The Kier molecular flexibility index (Phi) is 9.27. The molecule has 0 atom stereocenters. The number of nitrogens with one attached hydrogen (secondary N) is 1. The van der Waals surface area contributed by atoms with Gasteiger partial charge < -0.3 is 14.0 Å². The highest BCUT2D eigenvalue weighted by Crippen LogP contribution is 2.35. The number of hydrogen-bond acceptors (Lipinski definition) is 6. The summed E-state index contributed by atoms with van der Waals surface area (Å²) in [5.74, 6) is -0.0231. The molecule has 0 fully saturated rings. The number of aromatic nitrogens is 1. The van der Waals surface area contributed by atoms with Crippen LogP contribution in [-0.4, -0.2) is 45.9 Å². The Bertz CT molecular complexity index is 1710. The minimum absolute atomic E-state index is 0.0101. The van der Waals surface area contributed by atoms with Gasteiger partial charge in [0.1, 0.15) is 18.0 Å². The summed E-state index contributed by atoms with van der Waals surface area (Å²) < 4.78 is 41.0. The second kappa shape index (κ2) is 12.7. The van der Waals surface area contributed by atoms with E-state index in [1.807, 2.05) is 30.5 Å². The lowest BCUT2D eigenvalue weighted by Crippen LogP contribution is -2.39. The summed E-state index contributed by atoms with van der Waals surface area (Å²) >= 11 is 12.3. The Hall–Kier alpha value is -3.99. The first-order valence-electron chi connectivity index (χ1n) is 12.3. The molecule has 0 saturated carbocycles. The fourth-order valence-electron chi connectivity index (χ4n) is 4.29. The van der Waals surface area contributed by atoms with Crippen molar-refractivity contribution in [3.05, 3.63) is 99.8 Å². The summed E-state index contributed by atoms with van der Waals surface area (Å²) in [6, 6.07) is 19.8. The van der Waals surface area contributed by atoms with Gasteiger partial charge in [-0.05, 0) is 62.4 Å². The standard InChI is InChI=1S/C29H28Cl2N4O5S/c1-19-14-21(20(2)35(19)22-10-12-25(30)26(31)15-22)17-32-33-29(36)18-34(41(37,38)24-8-6-5-7-9-24)27-16-23(39-3)11-13-28(27)40-4/h5-17H,18H2,1-4H3,(H,33,36)/b32-17-. The number of nitrogens with zero attached hydrogens (tertiary/aromatic N) is 3. The zero-order valence-electron chi connectivity index (χ0n) is 22.8. The molecule has 0 bridgehead atoms. The van der Waals surface area contributed by atoms with Crippen LogP contribution in [0, 0.1) is 13.8 Å². The first-order valence-corrected chi connectivity index (χ1v) is 14.5. The van der Waals surface area contributed by atoms with Gasteiger partial charge in [-0.25, -0.2) is 13.8 Å². The van der Waals surface area contributed by atoms with Crippen molar-refractivity contribution >= 4 is 51.0 Å². The average molecular weight is 616 g/mol. The van der Waals surface area contributed by atoms with Gasteiger partial charge in [0.25, 0.3) is 15.9 Å². The average Bonchev–Trinajstić information content (AvgIpc) is 3.25. The van der Waals surface area contributed by atoms with Crippen LogP contribution in [0.1, 0.15) is 17.0 Å². The van der Waals surface area contributed by atoms with Crippen molar-refractivity contribution in [3.8, 4) is 17.2 Å². The Balaban J connectivity index is 1.61. The molecule has 0 aliphatic heterocycles. The number of sulfonamides is 1. The number of methoxy groups -OCH3 is 2. The number of rotatable bonds is 10. The van der Waals surface area contributed by atoms with Gasteiger partial charge in [0.15, 0.2) is 0 Å². The molecule has 1 N–H and O–H groups in total. The predicted molar refractivity (Wildman–Crippen MR) is 162 cm³/mol. The van der Waals surface area contributed by atoms with Crippen LogP contribution in [0.3, 0.4) is 0 Å². The van der Waals surface area contributed by atoms with E-state index in [1.165, 1.54) is 38.6 Å². The highest BCUT2D eigenvalue weighted by atomic mass is 35.5. The molecular formula is C29H28Cl2N4O5S. The van der Waals surface area contributed by atoms with Crippen molar-refractivity contribution in [2.75, 3.05) is 25.1 Å². The highest BCUT2D eigenvalue weighted by molar-refractivity contribution is 7.92. The topological polar surface area (TPSA) is 102 Å². The van der Waals surface area contributed by atoms with E-state index in [0.717, 1.165) is 26.9 Å². The molecule has 41 heavy (non-hydrogen) atoms. The summed E-state index contributed by atoms with van der Waals surface area (Å²) in [5, 5.41) is 4.99. The van der Waals surface area contributed by atoms with Crippen LogP contribution in [0.5, 0.6) is 11.5 Å². The number of halogens is 2. The van der Waals surface area contributed by atoms with E-state index in [1.54, 1.807) is 42.5 Å². The molecule has 0 radical (unpaired) electrons. The lowest BCUT2D eigenvalue weighted by atomic mass is 10.2. The monoisotopic (exact) mass is 614 g/mol. The first kappa shape index (κ1) is 30.0. The SMILES string of the molecule is COc1ccc(OC)c(N(CC(=O)N/N=C\c2cc(C)n(-c3ccc(Cl)c(Cl)c3)c2C)S(=O)(=O)c2ccccc2)c1. The van der Waals surface area contributed by atoms with Crippen LogP contribution >= 0.6 is 23.2 Å². The highest BCUT2D eigenvalue weighted by Gasteiger charge is 2.30. The Labute approximate surface area is 249 Å². The summed E-state index contributed by atoms with van der Waals surface area (Å²) in [6.07, 6.45) is 1.50. The molecule has 0 unspecified atom stereocenters. The Morgan fingerprint density at radius 1 is 0.976 bits per heavy atom. The third kappa shape index (κ3) is 6.51. The number of anilines is 1. The van der Waals surface area contributed by atoms with Crippen LogP contribution in [0.2, 0.25) is 10.0 Å². The largest absolute Gasteiger partial charge is 0.497 e. The minimum Gasteiger partial charge on any atom is -0.497 e. The molecule has 0 aliphatic rings. The number of ether oxygens (including phenoxy) is 2. The molecule has 1 amide bonds. The molecule has 1 heterocycles. The summed E-state index contributed by atoms with van der Waals surface area (Å²) in [4.78, 5) is 13.1. The predicted octanol–water partition coefficient (Wildman–Crippen LogP) is 5.76. The van der Waals surface area contributed by atoms with E-state index in [-0.39, 0.29) is 16.3 Å². The van der Waals surface area contributed by atoms with Crippen molar-refractivity contribution in [1.82, 2.24) is 9.99 Å². The van der Waals surface area contributed by atoms with Crippen molar-refractivity contribution in [3.63, 3.8) is 0 Å². The maximum Gasteiger partial charge on any atom is 0.264 e. The van der Waals surface area contributed by atoms with E-state index >= 15 is 0 Å². The molecule has 0 saturated heterocycles. The van der Waals surface area contributed by atoms with Gasteiger partial charge in [-0.2, -0.15) is 5.10 Å². The fraction of sp³-hybridized carbons (Fsp3) is 0.172. The number of hydrogen-bond donors (Lipinski definition) is 1. The Morgan fingerprint density at radius 3 is 2.37 bits per heavy atom. The Morgan fingerprint density at radius 2 is 1.71 bits per heavy atom. The number of aryl methyl sites for hydroxylation is 1. The van der Waals surface area contributed by atoms with Crippen LogP contribution < -0.4 is 19.2 Å². The van der Waals surface area contributed by atoms with Gasteiger partial charge in [0.2, 0.25) is 0 Å². The lowest BCUT2D eigenvalue weighted by molar-refractivity contribution is -0.119. The lowest BCUT2D eigenvalue weighted by Gasteiger charge is -2.25. The molecule has 1 aromatic heterocycles. The smallest absolute Gasteiger partial charge is 0.264 e. The minimum atomic E-state index is -4.17. The molecule has 12 heteroatoms. The van der Waals surface area contributed by atoms with Crippen LogP contribution in [0.25, 0.3) is 5.69 Å². The summed E-state index contributed by atoms with van der Waals surface area (Å²) in [5.41, 5.74) is 5.92. The molecule has 0 aliphatic carbocycles.